The molecule has 1 amide bonds. The van der Waals surface area contributed by atoms with Gasteiger partial charge in [-0.2, -0.15) is 0 Å². The molecule has 0 bridgehead atoms. The van der Waals surface area contributed by atoms with Crippen LogP contribution >= 0.6 is 22.6 Å². The molecule has 0 radical (unpaired) electrons. The summed E-state index contributed by atoms with van der Waals surface area (Å²) in [6.45, 7) is 1.74. The molecular formula is C27H28INO9. The zero-order chi connectivity index (χ0) is 27.7. The van der Waals surface area contributed by atoms with E-state index in [1.165, 1.54) is 6.07 Å². The molecule has 38 heavy (non-hydrogen) atoms. The number of ether oxygens (including phenoxy) is 1. The number of rotatable bonds is 3. The van der Waals surface area contributed by atoms with Gasteiger partial charge in [0.15, 0.2) is 11.4 Å². The Morgan fingerprint density at radius 1 is 1.11 bits per heavy atom. The maximum atomic E-state index is 13.8. The molecule has 202 valence electrons. The van der Waals surface area contributed by atoms with Crippen molar-refractivity contribution in [1.29, 1.82) is 0 Å². The molecule has 0 aliphatic heterocycles. The second-order valence-corrected chi connectivity index (χ2v) is 11.8. The number of phenols is 1. The third kappa shape index (κ3) is 3.69. The summed E-state index contributed by atoms with van der Waals surface area (Å²) in [6, 6.07) is 2.97. The molecule has 1 aromatic rings. The maximum absolute atomic E-state index is 13.8. The van der Waals surface area contributed by atoms with Crippen LogP contribution in [0, 0.1) is 21.3 Å². The van der Waals surface area contributed by atoms with Crippen LogP contribution in [0.25, 0.3) is 0 Å². The zero-order valence-electron chi connectivity index (χ0n) is 20.6. The number of hydrogen-bond donors (Lipinski definition) is 5. The number of hydrogen-bond acceptors (Lipinski definition) is 9. The molecule has 4 aliphatic rings. The molecule has 1 saturated carbocycles. The molecule has 6 N–H and O–H groups in total. The average Bonchev–Trinajstić information content (AvgIpc) is 2.87. The van der Waals surface area contributed by atoms with E-state index in [-0.39, 0.29) is 16.9 Å². The summed E-state index contributed by atoms with van der Waals surface area (Å²) in [7, 11) is 0. The lowest BCUT2D eigenvalue weighted by atomic mass is 9.56. The van der Waals surface area contributed by atoms with Gasteiger partial charge in [-0.05, 0) is 59.0 Å². The van der Waals surface area contributed by atoms with Crippen molar-refractivity contribution in [3.05, 3.63) is 49.5 Å². The fourth-order valence-electron chi connectivity index (χ4n) is 6.72. The van der Waals surface area contributed by atoms with E-state index in [1.54, 1.807) is 13.0 Å². The Kier molecular flexibility index (Phi) is 6.57. The van der Waals surface area contributed by atoms with Crippen molar-refractivity contribution in [2.24, 2.45) is 23.5 Å². The highest BCUT2D eigenvalue weighted by Gasteiger charge is 2.65. The van der Waals surface area contributed by atoms with E-state index in [0.29, 0.717) is 22.0 Å². The Balaban J connectivity index is 1.73. The number of carbonyl (C=O) groups is 4. The number of phenolic OH excluding ortho intramolecular Hbond substituents is 1. The summed E-state index contributed by atoms with van der Waals surface area (Å²) < 4.78 is 6.67. The van der Waals surface area contributed by atoms with Crippen LogP contribution in [0.2, 0.25) is 0 Å². The van der Waals surface area contributed by atoms with E-state index in [0.717, 1.165) is 19.3 Å². The first kappa shape index (κ1) is 26.7. The minimum atomic E-state index is -2.86. The van der Waals surface area contributed by atoms with E-state index < -0.39 is 82.3 Å². The third-order valence-corrected chi connectivity index (χ3v) is 9.53. The standard InChI is InChI=1S/C27H28INO9/c1-10-16-13(28)7-8-14(30)18(16)21(32)20-17(10)22(38-26(36)11-5-3-2-4-6-11)12-9-15(31)19(25(29)35)23(33)27(12,37)24(20)34/h7-8,10-12,17,22,30-31,34,37H,2-6,9H2,1H3,(H2,29,35)/t10-,12+,17+,22+,27+/m0/s1. The van der Waals surface area contributed by atoms with Gasteiger partial charge in [0.25, 0.3) is 5.91 Å². The number of carbonyl (C=O) groups excluding carboxylic acids is 4. The van der Waals surface area contributed by atoms with Gasteiger partial charge in [-0.3, -0.25) is 19.2 Å². The molecular weight excluding hydrogens is 609 g/mol. The molecule has 1 fully saturated rings. The largest absolute Gasteiger partial charge is 0.511 e. The summed E-state index contributed by atoms with van der Waals surface area (Å²) >= 11 is 2.03. The number of aromatic hydroxyl groups is 1. The van der Waals surface area contributed by atoms with Crippen molar-refractivity contribution in [1.82, 2.24) is 0 Å². The summed E-state index contributed by atoms with van der Waals surface area (Å²) in [5.74, 6) is -9.49. The first-order valence-electron chi connectivity index (χ1n) is 12.6. The van der Waals surface area contributed by atoms with E-state index in [4.69, 9.17) is 10.5 Å². The molecule has 1 aromatic carbocycles. The lowest BCUT2D eigenvalue weighted by Gasteiger charge is -2.51. The van der Waals surface area contributed by atoms with E-state index in [1.807, 2.05) is 22.6 Å². The van der Waals surface area contributed by atoms with Crippen molar-refractivity contribution in [2.45, 2.75) is 63.1 Å². The number of primary amides is 1. The van der Waals surface area contributed by atoms with E-state index >= 15 is 0 Å². The summed E-state index contributed by atoms with van der Waals surface area (Å²) in [4.78, 5) is 52.6. The van der Waals surface area contributed by atoms with Crippen LogP contribution < -0.4 is 5.73 Å². The second-order valence-electron chi connectivity index (χ2n) is 10.6. The Morgan fingerprint density at radius 2 is 1.76 bits per heavy atom. The second kappa shape index (κ2) is 9.37. The molecule has 10 nitrogen and oxygen atoms in total. The predicted octanol–water partition coefficient (Wildman–Crippen LogP) is 2.85. The molecule has 5 rings (SSSR count). The molecule has 4 aliphatic carbocycles. The van der Waals surface area contributed by atoms with E-state index in [9.17, 15) is 39.6 Å². The normalized spacial score (nSPS) is 31.4. The van der Waals surface area contributed by atoms with Gasteiger partial charge in [-0.25, -0.2) is 0 Å². The fraction of sp³-hybridized carbons (Fsp3) is 0.481. The van der Waals surface area contributed by atoms with Crippen LogP contribution in [0.1, 0.15) is 67.3 Å². The fourth-order valence-corrected chi connectivity index (χ4v) is 7.66. The molecule has 0 saturated heterocycles. The number of benzene rings is 1. The highest BCUT2D eigenvalue weighted by molar-refractivity contribution is 14.1. The smallest absolute Gasteiger partial charge is 0.309 e. The molecule has 0 unspecified atom stereocenters. The van der Waals surface area contributed by atoms with E-state index in [2.05, 4.69) is 0 Å². The number of nitrogens with two attached hydrogens (primary N) is 1. The van der Waals surface area contributed by atoms with Crippen LogP contribution in [0.5, 0.6) is 5.75 Å². The highest BCUT2D eigenvalue weighted by Crippen LogP contribution is 2.56. The van der Waals surface area contributed by atoms with Gasteiger partial charge in [0, 0.05) is 27.4 Å². The number of Topliss-reactive ketones (excluding diaryl/α,β-unsaturated/α-hetero) is 2. The number of allylic oxidation sites excluding steroid dienone is 1. The number of aliphatic hydroxyl groups is 3. The Morgan fingerprint density at radius 3 is 2.39 bits per heavy atom. The quantitative estimate of drug-likeness (QED) is 0.189. The third-order valence-electron chi connectivity index (χ3n) is 8.58. The van der Waals surface area contributed by atoms with Crippen molar-refractivity contribution in [3.8, 4) is 5.75 Å². The minimum absolute atomic E-state index is 0.0848. The molecule has 0 heterocycles. The van der Waals surface area contributed by atoms with Gasteiger partial charge >= 0.3 is 5.97 Å². The van der Waals surface area contributed by atoms with Gasteiger partial charge in [0.1, 0.15) is 28.9 Å². The van der Waals surface area contributed by atoms with Gasteiger partial charge in [-0.1, -0.05) is 26.2 Å². The Labute approximate surface area is 231 Å². The maximum Gasteiger partial charge on any atom is 0.309 e. The van der Waals surface area contributed by atoms with Crippen LogP contribution in [0.4, 0.5) is 0 Å². The number of halogens is 1. The zero-order valence-corrected chi connectivity index (χ0v) is 22.7. The number of aliphatic hydroxyl groups excluding tert-OH is 2. The minimum Gasteiger partial charge on any atom is -0.511 e. The Bertz CT molecular complexity index is 1340. The monoisotopic (exact) mass is 637 g/mol. The lowest BCUT2D eigenvalue weighted by molar-refractivity contribution is -0.178. The van der Waals surface area contributed by atoms with Crippen LogP contribution in [-0.2, 0) is 19.1 Å². The highest BCUT2D eigenvalue weighted by atomic mass is 127. The Hall–Kier alpha value is -2.93. The average molecular weight is 637 g/mol. The van der Waals surface area contributed by atoms with Crippen molar-refractivity contribution >= 4 is 46.0 Å². The van der Waals surface area contributed by atoms with Crippen LogP contribution in [0.15, 0.2) is 34.8 Å². The number of amides is 1. The summed E-state index contributed by atoms with van der Waals surface area (Å²) in [5.41, 5.74) is 1.58. The predicted molar refractivity (Wildman–Crippen MR) is 140 cm³/mol. The SMILES string of the molecule is C[C@H]1c2c(I)ccc(O)c2C(=O)C2=C(O)[C@]3(O)C(=O)C(C(N)=O)=C(O)C[C@@H]3[C@@H](OC(=O)C3CCCCC3)[C@@H]21. The van der Waals surface area contributed by atoms with Gasteiger partial charge < -0.3 is 30.9 Å². The molecule has 5 atom stereocenters. The van der Waals surface area contributed by atoms with Crippen LogP contribution in [0.3, 0.4) is 0 Å². The van der Waals surface area contributed by atoms with Gasteiger partial charge in [-0.15, -0.1) is 0 Å². The molecule has 0 aromatic heterocycles. The van der Waals surface area contributed by atoms with Gasteiger partial charge in [0.2, 0.25) is 5.78 Å². The summed E-state index contributed by atoms with van der Waals surface area (Å²) in [5, 5.41) is 44.3. The topological polar surface area (TPSA) is 184 Å². The first-order valence-corrected chi connectivity index (χ1v) is 13.7. The number of ketones is 2. The molecule has 0 spiro atoms. The number of esters is 1. The molecule has 11 heteroatoms. The summed E-state index contributed by atoms with van der Waals surface area (Å²) in [6.07, 6.45) is 2.09. The van der Waals surface area contributed by atoms with Crippen molar-refractivity contribution in [2.75, 3.05) is 0 Å². The van der Waals surface area contributed by atoms with Gasteiger partial charge in [0.05, 0.1) is 11.5 Å². The lowest BCUT2D eigenvalue weighted by Crippen LogP contribution is -2.63. The van der Waals surface area contributed by atoms with Crippen LogP contribution in [-0.4, -0.2) is 55.6 Å². The number of fused-ring (bicyclic) bond motifs is 3. The van der Waals surface area contributed by atoms with Crippen molar-refractivity contribution < 1.29 is 44.3 Å². The first-order chi connectivity index (χ1) is 17.9. The van der Waals surface area contributed by atoms with Crippen molar-refractivity contribution in [3.63, 3.8) is 0 Å².